The number of amides is 1. The summed E-state index contributed by atoms with van der Waals surface area (Å²) in [7, 11) is 1.51. The van der Waals surface area contributed by atoms with Crippen molar-refractivity contribution in [3.8, 4) is 17.0 Å². The fourth-order valence-electron chi connectivity index (χ4n) is 3.76. The van der Waals surface area contributed by atoms with Gasteiger partial charge >= 0.3 is 6.18 Å². The van der Waals surface area contributed by atoms with Gasteiger partial charge in [-0.1, -0.05) is 30.3 Å². The molecule has 0 bridgehead atoms. The summed E-state index contributed by atoms with van der Waals surface area (Å²) in [5.74, 6) is 0.229. The number of carbonyl (C=O) groups is 1. The number of fused-ring (bicyclic) bond motifs is 1. The Morgan fingerprint density at radius 3 is 2.63 bits per heavy atom. The summed E-state index contributed by atoms with van der Waals surface area (Å²) >= 11 is 0. The number of ether oxygens (including phenoxy) is 1. The van der Waals surface area contributed by atoms with Crippen LogP contribution < -0.4 is 15.6 Å². The number of nitrogens with one attached hydrogen (secondary N) is 1. The monoisotopic (exact) mass is 486 g/mol. The highest BCUT2D eigenvalue weighted by Gasteiger charge is 2.31. The number of anilines is 1. The van der Waals surface area contributed by atoms with Gasteiger partial charge in [0.15, 0.2) is 5.52 Å². The van der Waals surface area contributed by atoms with Gasteiger partial charge in [0.1, 0.15) is 23.2 Å². The Morgan fingerprint density at radius 1 is 1.20 bits per heavy atom. The Hall–Kier alpha value is -4.15. The van der Waals surface area contributed by atoms with E-state index in [1.54, 1.807) is 38.1 Å². The third-order valence-corrected chi connectivity index (χ3v) is 5.50. The van der Waals surface area contributed by atoms with E-state index in [1.165, 1.54) is 19.2 Å². The van der Waals surface area contributed by atoms with Gasteiger partial charge in [0.2, 0.25) is 5.91 Å². The zero-order valence-corrected chi connectivity index (χ0v) is 19.0. The Balaban J connectivity index is 1.80. The maximum Gasteiger partial charge on any atom is 0.416 e. The van der Waals surface area contributed by atoms with Crippen molar-refractivity contribution in [2.75, 3.05) is 12.4 Å². The first-order chi connectivity index (χ1) is 16.6. The minimum absolute atomic E-state index is 0.0133. The number of hydrogen-bond donors (Lipinski definition) is 1. The van der Waals surface area contributed by atoms with Crippen LogP contribution in [-0.2, 0) is 11.0 Å². The van der Waals surface area contributed by atoms with Crippen LogP contribution in [0.5, 0.6) is 5.75 Å². The molecule has 0 saturated heterocycles. The van der Waals surface area contributed by atoms with Gasteiger partial charge in [0.05, 0.1) is 18.1 Å². The summed E-state index contributed by atoms with van der Waals surface area (Å²) in [4.78, 5) is 26.3. The van der Waals surface area contributed by atoms with E-state index in [0.29, 0.717) is 28.2 Å². The second-order valence-electron chi connectivity index (χ2n) is 7.78. The highest BCUT2D eigenvalue weighted by molar-refractivity contribution is 5.95. The van der Waals surface area contributed by atoms with Crippen molar-refractivity contribution in [2.24, 2.45) is 0 Å². The molecule has 0 aliphatic carbocycles. The lowest BCUT2D eigenvalue weighted by Gasteiger charge is -2.18. The first-order valence-electron chi connectivity index (χ1n) is 10.7. The molecule has 0 aliphatic heterocycles. The summed E-state index contributed by atoms with van der Waals surface area (Å²) in [5.41, 5.74) is -0.679. The van der Waals surface area contributed by atoms with Gasteiger partial charge in [-0.15, -0.1) is 0 Å². The molecule has 2 aromatic heterocycles. The number of aromatic nitrogens is 3. The Labute approximate surface area is 197 Å². The lowest BCUT2D eigenvalue weighted by atomic mass is 10.1. The number of carbonyl (C=O) groups excluding carboxylic acids is 1. The third kappa shape index (κ3) is 4.61. The molecule has 2 heterocycles. The molecule has 11 heteroatoms. The van der Waals surface area contributed by atoms with Gasteiger partial charge in [-0.25, -0.2) is 4.68 Å². The van der Waals surface area contributed by atoms with E-state index < -0.39 is 29.2 Å². The van der Waals surface area contributed by atoms with Crippen LogP contribution in [0.3, 0.4) is 0 Å². The van der Waals surface area contributed by atoms with Crippen LogP contribution in [0.1, 0.15) is 30.7 Å². The number of methoxy groups -OCH3 is 1. The third-order valence-electron chi connectivity index (χ3n) is 5.50. The van der Waals surface area contributed by atoms with E-state index >= 15 is 0 Å². The molecule has 1 amide bonds. The molecule has 1 atom stereocenters. The normalized spacial score (nSPS) is 12.5. The molecule has 0 fully saturated rings. The summed E-state index contributed by atoms with van der Waals surface area (Å²) < 4.78 is 50.7. The van der Waals surface area contributed by atoms with Crippen LogP contribution in [-0.4, -0.2) is 28.0 Å². The van der Waals surface area contributed by atoms with E-state index in [4.69, 9.17) is 9.26 Å². The zero-order valence-electron chi connectivity index (χ0n) is 19.0. The molecule has 4 rings (SSSR count). The van der Waals surface area contributed by atoms with Gasteiger partial charge in [-0.2, -0.15) is 18.3 Å². The maximum atomic E-state index is 13.2. The minimum atomic E-state index is -4.56. The van der Waals surface area contributed by atoms with Crippen LogP contribution in [0.25, 0.3) is 22.2 Å². The number of hydrogen-bond acceptors (Lipinski definition) is 6. The highest BCUT2D eigenvalue weighted by atomic mass is 19.4. The summed E-state index contributed by atoms with van der Waals surface area (Å²) in [6.45, 7) is 3.30. The lowest BCUT2D eigenvalue weighted by Crippen LogP contribution is -2.35. The second kappa shape index (κ2) is 9.24. The molecule has 1 N–H and O–H groups in total. The van der Waals surface area contributed by atoms with Gasteiger partial charge in [-0.3, -0.25) is 9.59 Å². The Bertz CT molecular complexity index is 1460. The number of aryl methyl sites for hydroxylation is 1. The second-order valence-corrected chi connectivity index (χ2v) is 7.78. The molecule has 35 heavy (non-hydrogen) atoms. The van der Waals surface area contributed by atoms with Crippen LogP contribution in [0, 0.1) is 6.92 Å². The van der Waals surface area contributed by atoms with E-state index in [0.717, 1.165) is 16.8 Å². The number of rotatable bonds is 6. The molecular weight excluding hydrogens is 465 g/mol. The van der Waals surface area contributed by atoms with Gasteiger partial charge < -0.3 is 14.6 Å². The topological polar surface area (TPSA) is 99.2 Å². The van der Waals surface area contributed by atoms with Crippen molar-refractivity contribution in [1.82, 2.24) is 14.9 Å². The fraction of sp³-hybridized carbons (Fsp3) is 0.250. The van der Waals surface area contributed by atoms with E-state index in [9.17, 15) is 22.8 Å². The van der Waals surface area contributed by atoms with Gasteiger partial charge in [0.25, 0.3) is 5.56 Å². The molecule has 0 radical (unpaired) electrons. The summed E-state index contributed by atoms with van der Waals surface area (Å²) in [6, 6.07) is 10.1. The molecule has 4 aromatic rings. The molecule has 182 valence electrons. The van der Waals surface area contributed by atoms with E-state index in [-0.39, 0.29) is 17.6 Å². The predicted molar refractivity (Wildman–Crippen MR) is 122 cm³/mol. The Kier molecular flexibility index (Phi) is 6.33. The molecule has 2 aromatic carbocycles. The molecule has 0 spiro atoms. The quantitative estimate of drug-likeness (QED) is 0.413. The molecule has 0 unspecified atom stereocenters. The van der Waals surface area contributed by atoms with Crippen LogP contribution in [0.2, 0.25) is 0 Å². The first kappa shape index (κ1) is 24.0. The van der Waals surface area contributed by atoms with Gasteiger partial charge in [-0.05, 0) is 43.7 Å². The molecule has 0 aliphatic rings. The summed E-state index contributed by atoms with van der Waals surface area (Å²) in [5, 5.41) is 11.2. The van der Waals surface area contributed by atoms with Crippen molar-refractivity contribution < 1.29 is 27.2 Å². The average Bonchev–Trinajstić information content (AvgIpc) is 3.22. The molecule has 8 nitrogen and oxygen atoms in total. The van der Waals surface area contributed by atoms with Crippen molar-refractivity contribution in [3.63, 3.8) is 0 Å². The van der Waals surface area contributed by atoms with Crippen LogP contribution in [0.4, 0.5) is 18.9 Å². The van der Waals surface area contributed by atoms with Crippen molar-refractivity contribution in [2.45, 2.75) is 32.5 Å². The SMILES string of the molecule is CC[C@@H](C(=O)Nc1cccc(C(F)(F)F)c1)n1nc(-c2cccc(OC)c2)c2c(C)onc2c1=O. The van der Waals surface area contributed by atoms with Crippen molar-refractivity contribution >= 4 is 22.5 Å². The van der Waals surface area contributed by atoms with E-state index in [2.05, 4.69) is 15.6 Å². The predicted octanol–water partition coefficient (Wildman–Crippen LogP) is 4.98. The minimum Gasteiger partial charge on any atom is -0.497 e. The fourth-order valence-corrected chi connectivity index (χ4v) is 3.76. The van der Waals surface area contributed by atoms with Gasteiger partial charge in [0, 0.05) is 11.3 Å². The maximum absolute atomic E-state index is 13.2. The van der Waals surface area contributed by atoms with Crippen LogP contribution in [0.15, 0.2) is 57.8 Å². The first-order valence-corrected chi connectivity index (χ1v) is 10.7. The number of halogens is 3. The average molecular weight is 486 g/mol. The largest absolute Gasteiger partial charge is 0.497 e. The highest BCUT2D eigenvalue weighted by Crippen LogP contribution is 2.32. The van der Waals surface area contributed by atoms with E-state index in [1.807, 2.05) is 0 Å². The van der Waals surface area contributed by atoms with Crippen molar-refractivity contribution in [1.29, 1.82) is 0 Å². The number of nitrogens with zero attached hydrogens (tertiary/aromatic N) is 3. The summed E-state index contributed by atoms with van der Waals surface area (Å²) in [6.07, 6.45) is -4.43. The smallest absolute Gasteiger partial charge is 0.416 e. The Morgan fingerprint density at radius 2 is 1.94 bits per heavy atom. The van der Waals surface area contributed by atoms with Crippen molar-refractivity contribution in [3.05, 3.63) is 70.2 Å². The number of benzene rings is 2. The zero-order chi connectivity index (χ0) is 25.3. The molecular formula is C24H21F3N4O4. The lowest BCUT2D eigenvalue weighted by molar-refractivity contribution is -0.137. The standard InChI is InChI=1S/C24H21F3N4O4/c1-4-18(22(32)28-16-9-6-8-15(12-16)24(25,26)27)31-23(33)21-19(13(2)35-30-21)20(29-31)14-7-5-10-17(11-14)34-3/h5-12,18H,4H2,1-3H3,(H,28,32)/t18-/m0/s1. The number of alkyl halides is 3. The van der Waals surface area contributed by atoms with Crippen LogP contribution >= 0.6 is 0 Å². The molecule has 0 saturated carbocycles.